The van der Waals surface area contributed by atoms with Gasteiger partial charge in [0.05, 0.1) is 5.52 Å². The quantitative estimate of drug-likeness (QED) is 0.149. The summed E-state index contributed by atoms with van der Waals surface area (Å²) >= 11 is 0. The molecule has 6 nitrogen and oxygen atoms in total. The van der Waals surface area contributed by atoms with Crippen LogP contribution in [0.15, 0.2) is 174 Å². The molecule has 0 radical (unpaired) electrons. The number of ether oxygens (including phenoxy) is 1. The number of pyridine rings is 1. The minimum absolute atomic E-state index is 0. The smallest absolute Gasteiger partial charge is 0.136 e. The van der Waals surface area contributed by atoms with Crippen molar-refractivity contribution in [3.05, 3.63) is 200 Å². The first-order valence-electron chi connectivity index (χ1n) is 21.9. The Balaban J connectivity index is 0.00000498. The summed E-state index contributed by atoms with van der Waals surface area (Å²) in [6, 6.07) is 64.6. The summed E-state index contributed by atoms with van der Waals surface area (Å²) < 4.78 is 15.6. The van der Waals surface area contributed by atoms with Crippen LogP contribution >= 0.6 is 0 Å². The predicted octanol–water partition coefficient (Wildman–Crippen LogP) is 15.7. The van der Waals surface area contributed by atoms with E-state index in [0.29, 0.717) is 11.5 Å². The molecule has 3 aromatic heterocycles. The molecule has 0 N–H and O–H groups in total. The number of fused-ring (bicyclic) bond motifs is 6. The Morgan fingerprint density at radius 1 is 0.569 bits per heavy atom. The van der Waals surface area contributed by atoms with Crippen LogP contribution in [0.4, 0.5) is 22.7 Å². The summed E-state index contributed by atoms with van der Waals surface area (Å²) in [4.78, 5) is 9.49. The van der Waals surface area contributed by atoms with E-state index >= 15 is 0 Å². The van der Waals surface area contributed by atoms with Crippen molar-refractivity contribution in [1.29, 1.82) is 0 Å². The number of benzene rings is 7. The standard InChI is InChI=1S/C58H47N4O2.Pt/c1-57(2,3)40-30-31-59-53(34-40)62-51-36-43(28-29-47(51)56-55(62)48-22-13-16-27-52(48)64-56)63-44-33-41(58(4,5)6)32-42(35-44)60-37-61(50-26-15-14-25-49(50)60)54-45(38-18-9-7-10-19-38)23-17-24-46(54)39-20-11-8-12-21-39;/h7-34,37H,1-6H3;/q-3;. The molecule has 1 aliphatic heterocycles. The molecule has 4 heterocycles. The van der Waals surface area contributed by atoms with Crippen molar-refractivity contribution < 1.29 is 30.2 Å². The van der Waals surface area contributed by atoms with E-state index in [4.69, 9.17) is 14.1 Å². The molecule has 65 heavy (non-hydrogen) atoms. The minimum Gasteiger partial charge on any atom is -0.509 e. The average Bonchev–Trinajstić information content (AvgIpc) is 3.98. The van der Waals surface area contributed by atoms with Crippen molar-refractivity contribution in [3.63, 3.8) is 0 Å². The summed E-state index contributed by atoms with van der Waals surface area (Å²) in [6.45, 7) is 15.6. The van der Waals surface area contributed by atoms with Gasteiger partial charge in [0.1, 0.15) is 17.0 Å². The Labute approximate surface area is 395 Å². The van der Waals surface area contributed by atoms with Crippen LogP contribution in [0.1, 0.15) is 52.7 Å². The fourth-order valence-electron chi connectivity index (χ4n) is 8.92. The summed E-state index contributed by atoms with van der Waals surface area (Å²) in [7, 11) is 0. The Morgan fingerprint density at radius 3 is 1.88 bits per heavy atom. The van der Waals surface area contributed by atoms with Crippen molar-refractivity contribution >= 4 is 55.7 Å². The molecule has 0 spiro atoms. The van der Waals surface area contributed by atoms with Crippen LogP contribution in [-0.4, -0.2) is 9.55 Å². The molecular formula is C58H47N4O2Pt-3. The largest absolute Gasteiger partial charge is 0.509 e. The van der Waals surface area contributed by atoms with Gasteiger partial charge >= 0.3 is 0 Å². The van der Waals surface area contributed by atoms with Gasteiger partial charge in [-0.15, -0.1) is 48.3 Å². The summed E-state index contributed by atoms with van der Waals surface area (Å²) in [6.07, 6.45) is 1.89. The molecule has 7 heteroatoms. The number of rotatable bonds is 7. The van der Waals surface area contributed by atoms with Crippen molar-refractivity contribution in [3.8, 4) is 39.6 Å². The second-order valence-electron chi connectivity index (χ2n) is 18.6. The summed E-state index contributed by atoms with van der Waals surface area (Å²) in [5.74, 6) is 1.96. The molecule has 0 saturated carbocycles. The zero-order chi connectivity index (χ0) is 43.7. The van der Waals surface area contributed by atoms with Gasteiger partial charge in [-0.25, -0.2) is 4.98 Å². The number of hydrogen-bond donors (Lipinski definition) is 0. The average molecular weight is 1030 g/mol. The van der Waals surface area contributed by atoms with E-state index in [1.807, 2.05) is 30.5 Å². The number of hydrogen-bond acceptors (Lipinski definition) is 5. The van der Waals surface area contributed by atoms with Crippen LogP contribution in [-0.2, 0) is 31.9 Å². The van der Waals surface area contributed by atoms with E-state index in [9.17, 15) is 0 Å². The van der Waals surface area contributed by atoms with E-state index in [1.165, 1.54) is 5.56 Å². The van der Waals surface area contributed by atoms with E-state index < -0.39 is 0 Å². The van der Waals surface area contributed by atoms with Crippen LogP contribution in [0.3, 0.4) is 0 Å². The topological polar surface area (TPSA) is 46.7 Å². The SMILES string of the molecule is CC(C)(C)c1cc(Oc2[c-]c3c(cc2)c2oc4ccccc4c2n3-c2cc(C(C)(C)C)ccn2)[c-]c(N2[CH-]N(c3c(-c4ccccc4)cccc3-c3ccccc3)c3ccccc32)c1.[Pt]. The first kappa shape index (κ1) is 42.1. The predicted molar refractivity (Wildman–Crippen MR) is 262 cm³/mol. The summed E-state index contributed by atoms with van der Waals surface area (Å²) in [5.41, 5.74) is 14.1. The van der Waals surface area contributed by atoms with E-state index in [1.54, 1.807) is 0 Å². The number of aromatic nitrogens is 2. The van der Waals surface area contributed by atoms with Crippen LogP contribution < -0.4 is 14.5 Å². The maximum atomic E-state index is 6.88. The van der Waals surface area contributed by atoms with Crippen molar-refractivity contribution in [2.45, 2.75) is 52.4 Å². The molecule has 0 saturated heterocycles. The second kappa shape index (κ2) is 16.3. The first-order valence-corrected chi connectivity index (χ1v) is 21.9. The molecule has 0 fully saturated rings. The van der Waals surface area contributed by atoms with E-state index in [-0.39, 0.29) is 31.9 Å². The minimum atomic E-state index is -0.196. The number of anilines is 4. The Hall–Kier alpha value is -6.88. The van der Waals surface area contributed by atoms with Gasteiger partial charge < -0.3 is 23.5 Å². The number of para-hydroxylation sites is 4. The molecule has 1 aliphatic rings. The third kappa shape index (κ3) is 7.50. The molecule has 0 unspecified atom stereocenters. The number of furan rings is 1. The molecule has 11 rings (SSSR count). The normalized spacial score (nSPS) is 12.8. The van der Waals surface area contributed by atoms with Crippen molar-refractivity contribution in [2.24, 2.45) is 0 Å². The number of nitrogens with zero attached hydrogens (tertiary/aromatic N) is 4. The van der Waals surface area contributed by atoms with Crippen LogP contribution in [0.2, 0.25) is 0 Å². The fourth-order valence-corrected chi connectivity index (χ4v) is 8.92. The van der Waals surface area contributed by atoms with E-state index in [0.717, 1.165) is 89.4 Å². The van der Waals surface area contributed by atoms with Gasteiger partial charge in [0.15, 0.2) is 0 Å². The van der Waals surface area contributed by atoms with Gasteiger partial charge in [-0.3, -0.25) is 0 Å². The third-order valence-corrected chi connectivity index (χ3v) is 12.3. The molecule has 10 aromatic rings. The second-order valence-corrected chi connectivity index (χ2v) is 18.6. The van der Waals surface area contributed by atoms with E-state index in [2.05, 4.69) is 214 Å². The van der Waals surface area contributed by atoms with Crippen molar-refractivity contribution in [2.75, 3.05) is 9.80 Å². The third-order valence-electron chi connectivity index (χ3n) is 12.3. The van der Waals surface area contributed by atoms with Crippen LogP contribution in [0.25, 0.3) is 61.0 Å². The molecule has 324 valence electrons. The van der Waals surface area contributed by atoms with Crippen molar-refractivity contribution in [1.82, 2.24) is 9.55 Å². The Kier molecular flexibility index (Phi) is 10.5. The Morgan fingerprint density at radius 2 is 1.20 bits per heavy atom. The molecule has 0 aliphatic carbocycles. The van der Waals surface area contributed by atoms with Crippen LogP contribution in [0, 0.1) is 18.8 Å². The van der Waals surface area contributed by atoms with Gasteiger partial charge in [0.25, 0.3) is 0 Å². The van der Waals surface area contributed by atoms with Gasteiger partial charge in [0.2, 0.25) is 0 Å². The molecule has 0 atom stereocenters. The fraction of sp³-hybridized carbons (Fsp3) is 0.138. The monoisotopic (exact) mass is 1030 g/mol. The van der Waals surface area contributed by atoms with Gasteiger partial charge in [-0.05, 0) is 63.9 Å². The molecule has 0 bridgehead atoms. The molecular weight excluding hydrogens is 980 g/mol. The Bertz CT molecular complexity index is 3320. The zero-order valence-corrected chi connectivity index (χ0v) is 39.4. The van der Waals surface area contributed by atoms with Gasteiger partial charge in [0, 0.05) is 72.3 Å². The maximum Gasteiger partial charge on any atom is 0.136 e. The molecule has 0 amide bonds. The summed E-state index contributed by atoms with van der Waals surface area (Å²) in [5, 5.41) is 1.95. The van der Waals surface area contributed by atoms with Gasteiger partial charge in [-0.1, -0.05) is 156 Å². The van der Waals surface area contributed by atoms with Gasteiger partial charge in [-0.2, -0.15) is 6.07 Å². The van der Waals surface area contributed by atoms with Crippen LogP contribution in [0.5, 0.6) is 11.5 Å². The first-order chi connectivity index (χ1) is 31.0. The molecule has 7 aromatic carbocycles. The zero-order valence-electron chi connectivity index (χ0n) is 37.2. The maximum absolute atomic E-state index is 6.88.